The molecule has 0 fully saturated rings. The van der Waals surface area contributed by atoms with Crippen LogP contribution >= 0.6 is 0 Å². The number of rotatable bonds is 12. The Balaban J connectivity index is 2.06. The number of benzene rings is 1. The van der Waals surface area contributed by atoms with Gasteiger partial charge in [0.1, 0.15) is 12.4 Å². The molecule has 0 unspecified atom stereocenters. The lowest BCUT2D eigenvalue weighted by Gasteiger charge is -2.11. The van der Waals surface area contributed by atoms with Crippen molar-refractivity contribution in [1.82, 2.24) is 0 Å². The molecule has 0 spiro atoms. The van der Waals surface area contributed by atoms with E-state index in [1.807, 2.05) is 24.3 Å². The second kappa shape index (κ2) is 11.7. The normalized spacial score (nSPS) is 10.7. The van der Waals surface area contributed by atoms with Crippen LogP contribution in [0.5, 0.6) is 5.75 Å². The zero-order valence-corrected chi connectivity index (χ0v) is 12.2. The monoisotopic (exact) mass is 283 g/mol. The fourth-order valence-corrected chi connectivity index (χ4v) is 1.68. The topological polar surface area (TPSA) is 62.9 Å². The van der Waals surface area contributed by atoms with Crippen LogP contribution in [0.1, 0.15) is 5.56 Å². The quantitative estimate of drug-likeness (QED) is 0.585. The summed E-state index contributed by atoms with van der Waals surface area (Å²) >= 11 is 0. The molecule has 1 aromatic carbocycles. The summed E-state index contributed by atoms with van der Waals surface area (Å²) in [5, 5.41) is 0. The molecular weight excluding hydrogens is 258 g/mol. The van der Waals surface area contributed by atoms with E-state index in [1.54, 1.807) is 7.11 Å². The first-order valence-corrected chi connectivity index (χ1v) is 6.93. The number of hydrogen-bond donors (Lipinski definition) is 1. The molecule has 0 aliphatic rings. The molecule has 1 rings (SSSR count). The number of nitrogens with two attached hydrogens (primary N) is 1. The fourth-order valence-electron chi connectivity index (χ4n) is 1.68. The van der Waals surface area contributed by atoms with E-state index < -0.39 is 0 Å². The zero-order chi connectivity index (χ0) is 14.5. The van der Waals surface area contributed by atoms with Crippen molar-refractivity contribution in [2.45, 2.75) is 6.42 Å². The van der Waals surface area contributed by atoms with Crippen LogP contribution in [0.25, 0.3) is 0 Å². The van der Waals surface area contributed by atoms with E-state index in [1.165, 1.54) is 0 Å². The molecule has 0 bridgehead atoms. The van der Waals surface area contributed by atoms with Gasteiger partial charge >= 0.3 is 0 Å². The number of para-hydroxylation sites is 1. The molecule has 0 radical (unpaired) electrons. The van der Waals surface area contributed by atoms with Crippen molar-refractivity contribution in [3.05, 3.63) is 29.8 Å². The van der Waals surface area contributed by atoms with E-state index in [0.29, 0.717) is 46.2 Å². The van der Waals surface area contributed by atoms with Crippen LogP contribution in [-0.4, -0.2) is 53.3 Å². The molecule has 114 valence electrons. The van der Waals surface area contributed by atoms with Crippen LogP contribution in [0.2, 0.25) is 0 Å². The summed E-state index contributed by atoms with van der Waals surface area (Å²) in [6.07, 6.45) is 0.824. The minimum absolute atomic E-state index is 0.527. The molecule has 0 aromatic heterocycles. The minimum atomic E-state index is 0.527. The van der Waals surface area contributed by atoms with Crippen molar-refractivity contribution in [1.29, 1.82) is 0 Å². The summed E-state index contributed by atoms with van der Waals surface area (Å²) in [7, 11) is 1.65. The zero-order valence-electron chi connectivity index (χ0n) is 12.2. The van der Waals surface area contributed by atoms with E-state index in [4.69, 9.17) is 24.7 Å². The van der Waals surface area contributed by atoms with E-state index >= 15 is 0 Å². The van der Waals surface area contributed by atoms with Crippen LogP contribution in [-0.2, 0) is 20.6 Å². The second-order valence-electron chi connectivity index (χ2n) is 4.21. The summed E-state index contributed by atoms with van der Waals surface area (Å²) in [6.45, 7) is 4.05. The van der Waals surface area contributed by atoms with Crippen molar-refractivity contribution >= 4 is 0 Å². The minimum Gasteiger partial charge on any atom is -0.491 e. The maximum atomic E-state index is 5.69. The first-order valence-electron chi connectivity index (χ1n) is 6.93. The fraction of sp³-hybridized carbons (Fsp3) is 0.600. The van der Waals surface area contributed by atoms with Gasteiger partial charge in [-0.1, -0.05) is 18.2 Å². The summed E-state index contributed by atoms with van der Waals surface area (Å²) in [5.41, 5.74) is 6.71. The molecule has 1 aromatic rings. The van der Waals surface area contributed by atoms with Gasteiger partial charge in [-0.05, 0) is 24.6 Å². The summed E-state index contributed by atoms with van der Waals surface area (Å²) < 4.78 is 21.3. The van der Waals surface area contributed by atoms with Gasteiger partial charge < -0.3 is 24.7 Å². The van der Waals surface area contributed by atoms with Crippen LogP contribution in [0, 0.1) is 0 Å². The molecule has 0 heterocycles. The van der Waals surface area contributed by atoms with E-state index in [0.717, 1.165) is 17.7 Å². The Morgan fingerprint density at radius 3 is 2.25 bits per heavy atom. The Bertz CT molecular complexity index is 346. The molecule has 0 saturated heterocycles. The Morgan fingerprint density at radius 1 is 0.900 bits per heavy atom. The molecule has 0 saturated carbocycles. The Kier molecular flexibility index (Phi) is 9.87. The molecule has 20 heavy (non-hydrogen) atoms. The molecule has 0 aliphatic heterocycles. The lowest BCUT2D eigenvalue weighted by molar-refractivity contribution is 0.0179. The highest BCUT2D eigenvalue weighted by molar-refractivity contribution is 5.33. The number of hydrogen-bond acceptors (Lipinski definition) is 5. The van der Waals surface area contributed by atoms with Gasteiger partial charge in [0.15, 0.2) is 0 Å². The summed E-state index contributed by atoms with van der Waals surface area (Å²) in [4.78, 5) is 0. The van der Waals surface area contributed by atoms with Crippen LogP contribution < -0.4 is 10.5 Å². The van der Waals surface area contributed by atoms with Crippen LogP contribution in [0.4, 0.5) is 0 Å². The van der Waals surface area contributed by atoms with Crippen molar-refractivity contribution < 1.29 is 18.9 Å². The van der Waals surface area contributed by atoms with Crippen molar-refractivity contribution in [3.8, 4) is 5.75 Å². The molecule has 0 atom stereocenters. The van der Waals surface area contributed by atoms with E-state index in [-0.39, 0.29) is 0 Å². The lowest BCUT2D eigenvalue weighted by Crippen LogP contribution is -2.13. The second-order valence-corrected chi connectivity index (χ2v) is 4.21. The van der Waals surface area contributed by atoms with Crippen molar-refractivity contribution in [3.63, 3.8) is 0 Å². The summed E-state index contributed by atoms with van der Waals surface area (Å²) in [6, 6.07) is 7.94. The summed E-state index contributed by atoms with van der Waals surface area (Å²) in [5.74, 6) is 0.887. The van der Waals surface area contributed by atoms with Gasteiger partial charge in [0.25, 0.3) is 0 Å². The smallest absolute Gasteiger partial charge is 0.122 e. The molecular formula is C15H25NO4. The third-order valence-corrected chi connectivity index (χ3v) is 2.68. The largest absolute Gasteiger partial charge is 0.491 e. The first-order chi connectivity index (χ1) is 9.88. The maximum absolute atomic E-state index is 5.69. The lowest BCUT2D eigenvalue weighted by atomic mass is 10.1. The maximum Gasteiger partial charge on any atom is 0.122 e. The van der Waals surface area contributed by atoms with Crippen molar-refractivity contribution in [2.75, 3.05) is 53.3 Å². The highest BCUT2D eigenvalue weighted by Crippen LogP contribution is 2.17. The average molecular weight is 283 g/mol. The highest BCUT2D eigenvalue weighted by atomic mass is 16.6. The SMILES string of the molecule is COCCOCCOCCOc1ccccc1CCN. The predicted octanol–water partition coefficient (Wildman–Crippen LogP) is 1.25. The predicted molar refractivity (Wildman–Crippen MR) is 78.2 cm³/mol. The number of methoxy groups -OCH3 is 1. The van der Waals surface area contributed by atoms with E-state index in [9.17, 15) is 0 Å². The number of ether oxygens (including phenoxy) is 4. The Morgan fingerprint density at radius 2 is 1.55 bits per heavy atom. The van der Waals surface area contributed by atoms with Gasteiger partial charge in [-0.15, -0.1) is 0 Å². The van der Waals surface area contributed by atoms with Crippen LogP contribution in [0.15, 0.2) is 24.3 Å². The Hall–Kier alpha value is -1.14. The standard InChI is InChI=1S/C15H25NO4/c1-17-8-9-18-10-11-19-12-13-20-15-5-3-2-4-14(15)6-7-16/h2-5H,6-13,16H2,1H3. The van der Waals surface area contributed by atoms with Gasteiger partial charge in [0.05, 0.1) is 33.0 Å². The molecule has 0 aliphatic carbocycles. The van der Waals surface area contributed by atoms with Gasteiger partial charge in [0, 0.05) is 7.11 Å². The average Bonchev–Trinajstić information content (AvgIpc) is 2.47. The van der Waals surface area contributed by atoms with Gasteiger partial charge in [-0.2, -0.15) is 0 Å². The van der Waals surface area contributed by atoms with Gasteiger partial charge in [0.2, 0.25) is 0 Å². The first kappa shape index (κ1) is 16.9. The highest BCUT2D eigenvalue weighted by Gasteiger charge is 2.01. The van der Waals surface area contributed by atoms with Gasteiger partial charge in [-0.25, -0.2) is 0 Å². The van der Waals surface area contributed by atoms with Crippen molar-refractivity contribution in [2.24, 2.45) is 5.73 Å². The molecule has 5 heteroatoms. The van der Waals surface area contributed by atoms with Crippen LogP contribution in [0.3, 0.4) is 0 Å². The van der Waals surface area contributed by atoms with E-state index in [2.05, 4.69) is 0 Å². The third kappa shape index (κ3) is 7.45. The van der Waals surface area contributed by atoms with Gasteiger partial charge in [-0.3, -0.25) is 0 Å². The molecule has 2 N–H and O–H groups in total. The third-order valence-electron chi connectivity index (χ3n) is 2.68. The Labute approximate surface area is 121 Å². The molecule has 5 nitrogen and oxygen atoms in total. The molecule has 0 amide bonds.